The van der Waals surface area contributed by atoms with Gasteiger partial charge in [-0.25, -0.2) is 0 Å². The molecule has 0 aromatic heterocycles. The van der Waals surface area contributed by atoms with Crippen LogP contribution in [0.25, 0.3) is 0 Å². The van der Waals surface area contributed by atoms with E-state index in [1.165, 1.54) is 0 Å². The van der Waals surface area contributed by atoms with Gasteiger partial charge in [-0.3, -0.25) is 19.3 Å². The van der Waals surface area contributed by atoms with Crippen LogP contribution in [0.1, 0.15) is 35.0 Å². The Morgan fingerprint density at radius 1 is 1.04 bits per heavy atom. The second kappa shape index (κ2) is 9.80. The van der Waals surface area contributed by atoms with E-state index in [0.717, 1.165) is 5.56 Å². The molecule has 28 heavy (non-hydrogen) atoms. The molecule has 0 bridgehead atoms. The van der Waals surface area contributed by atoms with Crippen molar-refractivity contribution in [1.82, 2.24) is 10.2 Å². The van der Waals surface area contributed by atoms with Gasteiger partial charge < -0.3 is 10.1 Å². The van der Waals surface area contributed by atoms with Gasteiger partial charge in [-0.15, -0.1) is 0 Å². The van der Waals surface area contributed by atoms with E-state index in [1.807, 2.05) is 36.4 Å². The Morgan fingerprint density at radius 3 is 2.25 bits per heavy atom. The summed E-state index contributed by atoms with van der Waals surface area (Å²) in [6.07, 6.45) is 0.857. The number of amides is 1. The first-order valence-electron chi connectivity index (χ1n) is 9.43. The summed E-state index contributed by atoms with van der Waals surface area (Å²) in [4.78, 5) is 37.5. The predicted molar refractivity (Wildman–Crippen MR) is 104 cm³/mol. The highest BCUT2D eigenvalue weighted by Gasteiger charge is 2.30. The fraction of sp³-hybridized carbons (Fsp3) is 0.318. The van der Waals surface area contributed by atoms with E-state index in [2.05, 4.69) is 10.2 Å². The number of piperidine rings is 1. The Hall–Kier alpha value is -2.99. The topological polar surface area (TPSA) is 75.7 Å². The molecule has 1 fully saturated rings. The van der Waals surface area contributed by atoms with E-state index in [4.69, 9.17) is 4.74 Å². The summed E-state index contributed by atoms with van der Waals surface area (Å²) < 4.78 is 5.29. The Morgan fingerprint density at radius 2 is 1.64 bits per heavy atom. The van der Waals surface area contributed by atoms with Crippen LogP contribution in [0.15, 0.2) is 60.7 Å². The average Bonchev–Trinajstić information content (AvgIpc) is 2.77. The minimum Gasteiger partial charge on any atom is -0.444 e. The third kappa shape index (κ3) is 5.04. The molecule has 0 aliphatic carbocycles. The van der Waals surface area contributed by atoms with E-state index >= 15 is 0 Å². The molecule has 6 nitrogen and oxygen atoms in total. The molecule has 0 radical (unpaired) electrons. The van der Waals surface area contributed by atoms with E-state index in [9.17, 15) is 14.4 Å². The van der Waals surface area contributed by atoms with E-state index in [1.54, 1.807) is 24.3 Å². The van der Waals surface area contributed by atoms with Crippen LogP contribution in [0.3, 0.4) is 0 Å². The Balaban J connectivity index is 1.50. The number of ether oxygens (including phenoxy) is 1. The summed E-state index contributed by atoms with van der Waals surface area (Å²) in [7, 11) is 0. The minimum atomic E-state index is -0.442. The summed E-state index contributed by atoms with van der Waals surface area (Å²) in [6, 6.07) is 18.5. The maximum atomic E-state index is 12.4. The first kappa shape index (κ1) is 19.8. The van der Waals surface area contributed by atoms with Gasteiger partial charge in [-0.1, -0.05) is 60.7 Å². The molecule has 1 aliphatic rings. The van der Waals surface area contributed by atoms with Crippen LogP contribution in [0, 0.1) is 5.92 Å². The van der Waals surface area contributed by atoms with Crippen LogP contribution in [0.5, 0.6) is 0 Å². The number of carbonyl (C=O) groups excluding carboxylic acids is 3. The lowest BCUT2D eigenvalue weighted by Gasteiger charge is -2.35. The quantitative estimate of drug-likeness (QED) is 0.563. The van der Waals surface area contributed by atoms with Gasteiger partial charge in [0.05, 0.1) is 6.54 Å². The summed E-state index contributed by atoms with van der Waals surface area (Å²) >= 11 is 0. The van der Waals surface area contributed by atoms with Crippen LogP contribution in [0.4, 0.5) is 0 Å². The number of rotatable bonds is 8. The Bertz CT molecular complexity index is 787. The lowest BCUT2D eigenvalue weighted by atomic mass is 9.95. The minimum absolute atomic E-state index is 0.00392. The first-order valence-corrected chi connectivity index (χ1v) is 9.43. The van der Waals surface area contributed by atoms with Crippen molar-refractivity contribution in [1.29, 1.82) is 0 Å². The van der Waals surface area contributed by atoms with E-state index in [0.29, 0.717) is 38.0 Å². The van der Waals surface area contributed by atoms with Crippen LogP contribution >= 0.6 is 0 Å². The number of likely N-dealkylation sites (tertiary alicyclic amines) is 1. The molecule has 1 saturated heterocycles. The van der Waals surface area contributed by atoms with Gasteiger partial charge in [-0.05, 0) is 12.8 Å². The molecule has 2 aromatic rings. The van der Waals surface area contributed by atoms with Crippen LogP contribution in [0.2, 0.25) is 0 Å². The second-order valence-electron chi connectivity index (χ2n) is 6.81. The van der Waals surface area contributed by atoms with Crippen molar-refractivity contribution in [3.05, 3.63) is 71.8 Å². The normalized spacial score (nSPS) is 16.1. The molecule has 1 N–H and O–H groups in total. The number of carbonyl (C=O) groups is 3. The summed E-state index contributed by atoms with van der Waals surface area (Å²) in [5.41, 5.74) is 1.50. The molecule has 1 aliphatic heterocycles. The maximum absolute atomic E-state index is 12.4. The zero-order valence-electron chi connectivity index (χ0n) is 15.6. The largest absolute Gasteiger partial charge is 0.444 e. The molecule has 1 unspecified atom stereocenters. The standard InChI is InChI=1S/C22H24N2O4/c25-16-28-22(19-9-5-2-6-10-19)24-13-11-18(12-14-24)21(27)23-15-20(26)17-7-3-1-4-8-17/h1-10,16,18,22H,11-15H2,(H,23,27). The number of hydrogen-bond donors (Lipinski definition) is 1. The van der Waals surface area contributed by atoms with Crippen LogP contribution < -0.4 is 5.32 Å². The van der Waals surface area contributed by atoms with Crippen LogP contribution in [-0.2, 0) is 14.3 Å². The molecule has 1 atom stereocenters. The highest BCUT2D eigenvalue weighted by molar-refractivity contribution is 5.99. The highest BCUT2D eigenvalue weighted by Crippen LogP contribution is 2.27. The number of ketones is 1. The summed E-state index contributed by atoms with van der Waals surface area (Å²) in [5, 5.41) is 2.76. The maximum Gasteiger partial charge on any atom is 0.294 e. The third-order valence-electron chi connectivity index (χ3n) is 5.02. The molecule has 146 valence electrons. The number of nitrogens with zero attached hydrogens (tertiary/aromatic N) is 1. The molecular weight excluding hydrogens is 356 g/mol. The van der Waals surface area contributed by atoms with Gasteiger partial charge in [0, 0.05) is 30.1 Å². The molecule has 2 aromatic carbocycles. The van der Waals surface area contributed by atoms with Crippen molar-refractivity contribution < 1.29 is 19.1 Å². The van der Waals surface area contributed by atoms with Gasteiger partial charge >= 0.3 is 0 Å². The van der Waals surface area contributed by atoms with Crippen molar-refractivity contribution in [2.45, 2.75) is 19.1 Å². The molecule has 1 heterocycles. The number of hydrogen-bond acceptors (Lipinski definition) is 5. The fourth-order valence-corrected chi connectivity index (χ4v) is 3.48. The molecule has 1 amide bonds. The zero-order valence-corrected chi connectivity index (χ0v) is 15.6. The smallest absolute Gasteiger partial charge is 0.294 e. The third-order valence-corrected chi connectivity index (χ3v) is 5.02. The van der Waals surface area contributed by atoms with Gasteiger partial charge in [-0.2, -0.15) is 0 Å². The summed E-state index contributed by atoms with van der Waals surface area (Å²) in [6.45, 7) is 1.74. The number of Topliss-reactive ketones (excluding diaryl/α,β-unsaturated/α-hetero) is 1. The zero-order chi connectivity index (χ0) is 19.8. The first-order chi connectivity index (χ1) is 13.7. The van der Waals surface area contributed by atoms with Crippen molar-refractivity contribution in [3.8, 4) is 0 Å². The van der Waals surface area contributed by atoms with E-state index in [-0.39, 0.29) is 24.2 Å². The lowest BCUT2D eigenvalue weighted by molar-refractivity contribution is -0.147. The van der Waals surface area contributed by atoms with Crippen molar-refractivity contribution in [2.75, 3.05) is 19.6 Å². The molecule has 0 saturated carbocycles. The van der Waals surface area contributed by atoms with Crippen molar-refractivity contribution in [3.63, 3.8) is 0 Å². The Labute approximate surface area is 164 Å². The van der Waals surface area contributed by atoms with Crippen molar-refractivity contribution >= 4 is 18.2 Å². The summed E-state index contributed by atoms with van der Waals surface area (Å²) in [5.74, 6) is -0.348. The molecule has 0 spiro atoms. The SMILES string of the molecule is O=COC(c1ccccc1)N1CCC(C(=O)NCC(=O)c2ccccc2)CC1. The molecule has 6 heteroatoms. The fourth-order valence-electron chi connectivity index (χ4n) is 3.48. The van der Waals surface area contributed by atoms with E-state index < -0.39 is 6.23 Å². The lowest BCUT2D eigenvalue weighted by Crippen LogP contribution is -2.43. The second-order valence-corrected chi connectivity index (χ2v) is 6.81. The van der Waals surface area contributed by atoms with Gasteiger partial charge in [0.1, 0.15) is 0 Å². The van der Waals surface area contributed by atoms with Crippen molar-refractivity contribution in [2.24, 2.45) is 5.92 Å². The van der Waals surface area contributed by atoms with Gasteiger partial charge in [0.2, 0.25) is 5.91 Å². The predicted octanol–water partition coefficient (Wildman–Crippen LogP) is 2.57. The Kier molecular flexibility index (Phi) is 6.92. The molecular formula is C22H24N2O4. The highest BCUT2D eigenvalue weighted by atomic mass is 16.5. The van der Waals surface area contributed by atoms with Gasteiger partial charge in [0.25, 0.3) is 6.47 Å². The molecule has 3 rings (SSSR count). The van der Waals surface area contributed by atoms with Gasteiger partial charge in [0.15, 0.2) is 12.0 Å². The number of nitrogens with one attached hydrogen (secondary N) is 1. The van der Waals surface area contributed by atoms with Crippen LogP contribution in [-0.4, -0.2) is 42.7 Å². The average molecular weight is 380 g/mol. The number of benzene rings is 2. The monoisotopic (exact) mass is 380 g/mol.